The van der Waals surface area contributed by atoms with Crippen LogP contribution in [0.25, 0.3) is 0 Å². The van der Waals surface area contributed by atoms with E-state index in [1.54, 1.807) is 0 Å². The van der Waals surface area contributed by atoms with Crippen LogP contribution < -0.4 is 0 Å². The Morgan fingerprint density at radius 3 is 2.50 bits per heavy atom. The van der Waals surface area contributed by atoms with Gasteiger partial charge in [-0.25, -0.2) is 9.59 Å². The number of ether oxygens (including phenoxy) is 2. The standard InChI is InChI=1S/C9H13BrO4/c1-4-8(11)14-7(3)9(12)13-5-6(2)10/h4,6-7H,1,5H2,2-3H3. The van der Waals surface area contributed by atoms with E-state index in [2.05, 4.69) is 27.2 Å². The fraction of sp³-hybridized carbons (Fsp3) is 0.556. The zero-order chi connectivity index (χ0) is 11.1. The van der Waals surface area contributed by atoms with Crippen LogP contribution in [0.2, 0.25) is 0 Å². The van der Waals surface area contributed by atoms with Gasteiger partial charge in [-0.2, -0.15) is 0 Å². The molecule has 0 aliphatic carbocycles. The summed E-state index contributed by atoms with van der Waals surface area (Å²) in [6.07, 6.45) is 0.100. The first-order chi connectivity index (χ1) is 6.47. The Morgan fingerprint density at radius 1 is 1.50 bits per heavy atom. The van der Waals surface area contributed by atoms with Gasteiger partial charge in [-0.3, -0.25) is 0 Å². The number of esters is 2. The van der Waals surface area contributed by atoms with Crippen LogP contribution in [0.15, 0.2) is 12.7 Å². The first-order valence-corrected chi connectivity index (χ1v) is 5.02. The summed E-state index contributed by atoms with van der Waals surface area (Å²) in [5.74, 6) is -1.20. The summed E-state index contributed by atoms with van der Waals surface area (Å²) < 4.78 is 9.46. The number of carbonyl (C=O) groups is 2. The monoisotopic (exact) mass is 264 g/mol. The van der Waals surface area contributed by atoms with E-state index in [1.807, 2.05) is 6.92 Å². The molecule has 2 unspecified atom stereocenters. The van der Waals surface area contributed by atoms with Gasteiger partial charge in [0.2, 0.25) is 0 Å². The molecule has 0 aliphatic rings. The zero-order valence-corrected chi connectivity index (χ0v) is 9.74. The van der Waals surface area contributed by atoms with Crippen molar-refractivity contribution in [3.05, 3.63) is 12.7 Å². The Morgan fingerprint density at radius 2 is 2.07 bits per heavy atom. The van der Waals surface area contributed by atoms with Crippen LogP contribution in [-0.4, -0.2) is 29.5 Å². The van der Waals surface area contributed by atoms with Crippen molar-refractivity contribution in [1.29, 1.82) is 0 Å². The van der Waals surface area contributed by atoms with E-state index in [4.69, 9.17) is 4.74 Å². The number of alkyl halides is 1. The summed E-state index contributed by atoms with van der Waals surface area (Å²) in [7, 11) is 0. The molecule has 0 heterocycles. The number of carbonyl (C=O) groups excluding carboxylic acids is 2. The van der Waals surface area contributed by atoms with Gasteiger partial charge in [0, 0.05) is 10.9 Å². The Bertz CT molecular complexity index is 225. The van der Waals surface area contributed by atoms with Crippen molar-refractivity contribution in [1.82, 2.24) is 0 Å². The molecule has 5 heteroatoms. The predicted molar refractivity (Wildman–Crippen MR) is 55.1 cm³/mol. The summed E-state index contributed by atoms with van der Waals surface area (Å²) in [5, 5.41) is 0. The van der Waals surface area contributed by atoms with Gasteiger partial charge in [0.25, 0.3) is 0 Å². The zero-order valence-electron chi connectivity index (χ0n) is 8.16. The van der Waals surface area contributed by atoms with E-state index < -0.39 is 18.0 Å². The van der Waals surface area contributed by atoms with Crippen molar-refractivity contribution in [2.24, 2.45) is 0 Å². The lowest BCUT2D eigenvalue weighted by atomic mass is 10.4. The van der Waals surface area contributed by atoms with Gasteiger partial charge in [0.1, 0.15) is 6.61 Å². The Balaban J connectivity index is 3.87. The van der Waals surface area contributed by atoms with E-state index >= 15 is 0 Å². The molecular weight excluding hydrogens is 252 g/mol. The molecule has 4 nitrogen and oxygen atoms in total. The van der Waals surface area contributed by atoms with Crippen LogP contribution in [0, 0.1) is 0 Å². The molecular formula is C9H13BrO4. The summed E-state index contributed by atoms with van der Waals surface area (Å²) in [4.78, 5) is 21.9. The molecule has 0 saturated heterocycles. The van der Waals surface area contributed by atoms with E-state index in [0.717, 1.165) is 6.08 Å². The average Bonchev–Trinajstić information content (AvgIpc) is 2.13. The van der Waals surface area contributed by atoms with Gasteiger partial charge in [0.05, 0.1) is 0 Å². The molecule has 0 fully saturated rings. The summed E-state index contributed by atoms with van der Waals surface area (Å²) in [6.45, 7) is 6.75. The van der Waals surface area contributed by atoms with Crippen LogP contribution >= 0.6 is 15.9 Å². The molecule has 80 valence electrons. The molecule has 14 heavy (non-hydrogen) atoms. The largest absolute Gasteiger partial charge is 0.462 e. The third-order valence-electron chi connectivity index (χ3n) is 1.25. The van der Waals surface area contributed by atoms with Gasteiger partial charge >= 0.3 is 11.9 Å². The lowest BCUT2D eigenvalue weighted by Crippen LogP contribution is -2.27. The summed E-state index contributed by atoms with van der Waals surface area (Å²) in [6, 6.07) is 0. The van der Waals surface area contributed by atoms with E-state index in [0.29, 0.717) is 0 Å². The van der Waals surface area contributed by atoms with Crippen LogP contribution in [0.5, 0.6) is 0 Å². The molecule has 2 atom stereocenters. The Labute approximate surface area is 91.4 Å². The van der Waals surface area contributed by atoms with Crippen molar-refractivity contribution in [3.8, 4) is 0 Å². The minimum absolute atomic E-state index is 0.0776. The fourth-order valence-electron chi connectivity index (χ4n) is 0.585. The van der Waals surface area contributed by atoms with Gasteiger partial charge in [0.15, 0.2) is 6.10 Å². The van der Waals surface area contributed by atoms with Gasteiger partial charge in [-0.1, -0.05) is 22.5 Å². The average molecular weight is 265 g/mol. The first kappa shape index (κ1) is 13.2. The molecule has 0 N–H and O–H groups in total. The van der Waals surface area contributed by atoms with E-state index in [9.17, 15) is 9.59 Å². The molecule has 0 aliphatic heterocycles. The molecule has 0 aromatic rings. The Kier molecular flexibility index (Phi) is 6.19. The van der Waals surface area contributed by atoms with Gasteiger partial charge in [-0.05, 0) is 13.8 Å². The molecule has 0 bridgehead atoms. The van der Waals surface area contributed by atoms with Crippen molar-refractivity contribution in [2.75, 3.05) is 6.61 Å². The summed E-state index contributed by atoms with van der Waals surface area (Å²) in [5.41, 5.74) is 0. The summed E-state index contributed by atoms with van der Waals surface area (Å²) >= 11 is 3.22. The number of rotatable bonds is 5. The van der Waals surface area contributed by atoms with Gasteiger partial charge < -0.3 is 9.47 Å². The lowest BCUT2D eigenvalue weighted by molar-refractivity contribution is -0.163. The molecule has 0 rings (SSSR count). The highest BCUT2D eigenvalue weighted by Crippen LogP contribution is 2.01. The lowest BCUT2D eigenvalue weighted by Gasteiger charge is -2.12. The third kappa shape index (κ3) is 5.75. The Hall–Kier alpha value is -0.840. The highest BCUT2D eigenvalue weighted by atomic mass is 79.9. The molecule has 0 aromatic carbocycles. The van der Waals surface area contributed by atoms with Crippen molar-refractivity contribution >= 4 is 27.9 Å². The molecule has 0 radical (unpaired) electrons. The van der Waals surface area contributed by atoms with Crippen molar-refractivity contribution < 1.29 is 19.1 Å². The normalized spacial score (nSPS) is 13.9. The quantitative estimate of drug-likeness (QED) is 0.428. The second-order valence-electron chi connectivity index (χ2n) is 2.69. The maximum atomic E-state index is 11.1. The topological polar surface area (TPSA) is 52.6 Å². The first-order valence-electron chi connectivity index (χ1n) is 4.11. The molecule has 0 aromatic heterocycles. The van der Waals surface area contributed by atoms with Crippen LogP contribution in [0.4, 0.5) is 0 Å². The second-order valence-corrected chi connectivity index (χ2v) is 4.26. The molecule has 0 amide bonds. The van der Waals surface area contributed by atoms with E-state index in [1.165, 1.54) is 6.92 Å². The van der Waals surface area contributed by atoms with Crippen molar-refractivity contribution in [3.63, 3.8) is 0 Å². The predicted octanol–water partition coefficient (Wildman–Crippen LogP) is 1.43. The van der Waals surface area contributed by atoms with Gasteiger partial charge in [-0.15, -0.1) is 0 Å². The highest BCUT2D eigenvalue weighted by Gasteiger charge is 2.18. The number of halogens is 1. The van der Waals surface area contributed by atoms with Crippen LogP contribution in [0.1, 0.15) is 13.8 Å². The fourth-order valence-corrected chi connectivity index (χ4v) is 0.717. The second kappa shape index (κ2) is 6.59. The highest BCUT2D eigenvalue weighted by molar-refractivity contribution is 9.09. The number of hydrogen-bond donors (Lipinski definition) is 0. The minimum atomic E-state index is -0.897. The van der Waals surface area contributed by atoms with Crippen LogP contribution in [0.3, 0.4) is 0 Å². The molecule has 0 spiro atoms. The number of hydrogen-bond acceptors (Lipinski definition) is 4. The minimum Gasteiger partial charge on any atom is -0.462 e. The third-order valence-corrected chi connectivity index (χ3v) is 1.51. The van der Waals surface area contributed by atoms with Crippen LogP contribution in [-0.2, 0) is 19.1 Å². The molecule has 0 saturated carbocycles. The smallest absolute Gasteiger partial charge is 0.347 e. The SMILES string of the molecule is C=CC(=O)OC(C)C(=O)OCC(C)Br. The van der Waals surface area contributed by atoms with E-state index in [-0.39, 0.29) is 11.4 Å². The maximum Gasteiger partial charge on any atom is 0.347 e. The maximum absolute atomic E-state index is 11.1. The van der Waals surface area contributed by atoms with Crippen molar-refractivity contribution in [2.45, 2.75) is 24.8 Å².